The second kappa shape index (κ2) is 10.6. The molecular formula is C26H28Cl2FN3O3. The zero-order valence-electron chi connectivity index (χ0n) is 20.0. The lowest BCUT2D eigenvalue weighted by atomic mass is 9.85. The monoisotopic (exact) mass is 519 g/mol. The van der Waals surface area contributed by atoms with E-state index in [2.05, 4.69) is 4.98 Å². The van der Waals surface area contributed by atoms with Crippen molar-refractivity contribution < 1.29 is 19.4 Å². The molecule has 0 aliphatic carbocycles. The molecule has 9 heteroatoms. The molecule has 0 saturated carbocycles. The molecule has 0 radical (unpaired) electrons. The molecule has 0 spiro atoms. The molecule has 2 atom stereocenters. The number of aryl methyl sites for hydroxylation is 1. The second-order valence-electron chi connectivity index (χ2n) is 9.04. The Kier molecular flexibility index (Phi) is 8.19. The highest BCUT2D eigenvalue weighted by Gasteiger charge is 2.42. The molecule has 3 aromatic rings. The van der Waals surface area contributed by atoms with Crippen molar-refractivity contribution in [2.75, 3.05) is 20.6 Å². The van der Waals surface area contributed by atoms with Crippen molar-refractivity contribution in [2.45, 2.75) is 31.7 Å². The first-order chi connectivity index (χ1) is 16.4. The van der Waals surface area contributed by atoms with Gasteiger partial charge in [0.1, 0.15) is 5.82 Å². The molecule has 1 heterocycles. The van der Waals surface area contributed by atoms with Crippen LogP contribution in [0.3, 0.4) is 0 Å². The van der Waals surface area contributed by atoms with Crippen LogP contribution < -0.4 is 0 Å². The standard InChI is InChI=1S/C26H28Cl2FN3O3/c1-17-11-19(25(2,34)15-31(3)4)12-23(29)24(17)26(35,18-5-7-20(27)8-6-18)32(16-33)14-22-10-9-21(28)13-30-22/h5-13,16,34-35H,14-15H2,1-4H3. The fourth-order valence-electron chi connectivity index (χ4n) is 4.24. The van der Waals surface area contributed by atoms with Crippen molar-refractivity contribution in [3.8, 4) is 0 Å². The number of halogens is 3. The molecule has 0 saturated heterocycles. The van der Waals surface area contributed by atoms with Crippen LogP contribution in [0.25, 0.3) is 0 Å². The number of pyridine rings is 1. The third kappa shape index (κ3) is 5.82. The quantitative estimate of drug-likeness (QED) is 0.322. The highest BCUT2D eigenvalue weighted by molar-refractivity contribution is 6.30. The largest absolute Gasteiger partial charge is 0.384 e. The van der Waals surface area contributed by atoms with E-state index in [4.69, 9.17) is 23.2 Å². The zero-order valence-corrected chi connectivity index (χ0v) is 21.5. The van der Waals surface area contributed by atoms with Crippen molar-refractivity contribution in [1.82, 2.24) is 14.8 Å². The predicted molar refractivity (Wildman–Crippen MR) is 135 cm³/mol. The lowest BCUT2D eigenvalue weighted by Gasteiger charge is -2.39. The summed E-state index contributed by atoms with van der Waals surface area (Å²) in [4.78, 5) is 19.4. The van der Waals surface area contributed by atoms with Crippen LogP contribution in [-0.4, -0.2) is 52.0 Å². The number of hydrogen-bond acceptors (Lipinski definition) is 5. The Morgan fingerprint density at radius 2 is 1.66 bits per heavy atom. The number of rotatable bonds is 9. The van der Waals surface area contributed by atoms with Crippen molar-refractivity contribution >= 4 is 29.6 Å². The topological polar surface area (TPSA) is 76.9 Å². The molecule has 0 aliphatic heterocycles. The Hall–Kier alpha value is -2.55. The summed E-state index contributed by atoms with van der Waals surface area (Å²) in [6.07, 6.45) is 1.87. The summed E-state index contributed by atoms with van der Waals surface area (Å²) in [5.41, 5.74) is -2.29. The van der Waals surface area contributed by atoms with Crippen LogP contribution in [0, 0.1) is 12.7 Å². The van der Waals surface area contributed by atoms with Crippen molar-refractivity contribution in [3.63, 3.8) is 0 Å². The van der Waals surface area contributed by atoms with E-state index in [0.29, 0.717) is 33.3 Å². The van der Waals surface area contributed by atoms with Crippen LogP contribution in [0.5, 0.6) is 0 Å². The van der Waals surface area contributed by atoms with Crippen LogP contribution in [0.4, 0.5) is 4.39 Å². The smallest absolute Gasteiger partial charge is 0.212 e. The fourth-order valence-corrected chi connectivity index (χ4v) is 4.48. The number of amides is 1. The van der Waals surface area contributed by atoms with E-state index in [1.165, 1.54) is 24.4 Å². The van der Waals surface area contributed by atoms with E-state index in [1.807, 2.05) is 0 Å². The summed E-state index contributed by atoms with van der Waals surface area (Å²) in [6, 6.07) is 12.2. The summed E-state index contributed by atoms with van der Waals surface area (Å²) in [5, 5.41) is 23.9. The van der Waals surface area contributed by atoms with E-state index in [-0.39, 0.29) is 24.2 Å². The Labute approximate surface area is 214 Å². The van der Waals surface area contributed by atoms with Gasteiger partial charge in [-0.15, -0.1) is 0 Å². The minimum Gasteiger partial charge on any atom is -0.384 e. The molecule has 35 heavy (non-hydrogen) atoms. The molecule has 2 N–H and O–H groups in total. The van der Waals surface area contributed by atoms with E-state index >= 15 is 4.39 Å². The molecule has 186 valence electrons. The molecule has 3 rings (SSSR count). The van der Waals surface area contributed by atoms with Gasteiger partial charge in [-0.25, -0.2) is 4.39 Å². The van der Waals surface area contributed by atoms with E-state index < -0.39 is 17.1 Å². The number of hydrogen-bond donors (Lipinski definition) is 2. The average Bonchev–Trinajstić information content (AvgIpc) is 2.77. The zero-order chi connectivity index (χ0) is 26.0. The molecule has 2 aromatic carbocycles. The average molecular weight is 520 g/mol. The predicted octanol–water partition coefficient (Wildman–Crippen LogP) is 4.46. The molecular weight excluding hydrogens is 492 g/mol. The number of carbonyl (C=O) groups is 1. The maximum atomic E-state index is 15.8. The third-order valence-electron chi connectivity index (χ3n) is 5.79. The number of carbonyl (C=O) groups excluding carboxylic acids is 1. The van der Waals surface area contributed by atoms with Crippen LogP contribution in [0.1, 0.15) is 34.9 Å². The molecule has 0 bridgehead atoms. The van der Waals surface area contributed by atoms with Gasteiger partial charge >= 0.3 is 0 Å². The summed E-state index contributed by atoms with van der Waals surface area (Å²) in [5.74, 6) is -0.771. The van der Waals surface area contributed by atoms with Gasteiger partial charge in [0.15, 0.2) is 5.72 Å². The van der Waals surface area contributed by atoms with Crippen LogP contribution in [-0.2, 0) is 22.7 Å². The first-order valence-corrected chi connectivity index (χ1v) is 11.6. The minimum atomic E-state index is -2.20. The Balaban J connectivity index is 2.20. The van der Waals surface area contributed by atoms with Crippen molar-refractivity contribution in [2.24, 2.45) is 0 Å². The van der Waals surface area contributed by atoms with Gasteiger partial charge in [0.05, 0.1) is 22.9 Å². The van der Waals surface area contributed by atoms with E-state index in [9.17, 15) is 15.0 Å². The number of aliphatic hydroxyl groups is 2. The molecule has 1 aromatic heterocycles. The summed E-state index contributed by atoms with van der Waals surface area (Å²) < 4.78 is 15.8. The number of nitrogens with zero attached hydrogens (tertiary/aromatic N) is 3. The van der Waals surface area contributed by atoms with Gasteiger partial charge in [-0.3, -0.25) is 9.78 Å². The molecule has 6 nitrogen and oxygen atoms in total. The van der Waals surface area contributed by atoms with Gasteiger partial charge < -0.3 is 20.0 Å². The van der Waals surface area contributed by atoms with Crippen molar-refractivity contribution in [3.05, 3.63) is 98.5 Å². The Morgan fingerprint density at radius 1 is 1.03 bits per heavy atom. The van der Waals surface area contributed by atoms with Crippen molar-refractivity contribution in [1.29, 1.82) is 0 Å². The van der Waals surface area contributed by atoms with Gasteiger partial charge in [0.25, 0.3) is 0 Å². The normalized spacial score (nSPS) is 14.9. The Morgan fingerprint density at radius 3 is 2.17 bits per heavy atom. The summed E-state index contributed by atoms with van der Waals surface area (Å²) in [6.45, 7) is 3.35. The molecule has 1 amide bonds. The number of aromatic nitrogens is 1. The van der Waals surface area contributed by atoms with Gasteiger partial charge in [0, 0.05) is 28.9 Å². The van der Waals surface area contributed by atoms with E-state index in [0.717, 1.165) is 4.90 Å². The highest BCUT2D eigenvalue weighted by Crippen LogP contribution is 2.39. The SMILES string of the molecule is Cc1cc(C(C)(O)CN(C)C)cc(F)c1C(O)(c1ccc(Cl)cc1)N(C=O)Cc1ccc(Cl)cn1. The first-order valence-electron chi connectivity index (χ1n) is 10.9. The van der Waals surface area contributed by atoms with E-state index in [1.54, 1.807) is 63.2 Å². The highest BCUT2D eigenvalue weighted by atomic mass is 35.5. The van der Waals surface area contributed by atoms with Gasteiger partial charge in [-0.2, -0.15) is 0 Å². The fraction of sp³-hybridized carbons (Fsp3) is 0.308. The van der Waals surface area contributed by atoms with Crippen LogP contribution in [0.2, 0.25) is 10.0 Å². The maximum absolute atomic E-state index is 15.8. The van der Waals surface area contributed by atoms with Crippen LogP contribution >= 0.6 is 23.2 Å². The third-order valence-corrected chi connectivity index (χ3v) is 6.27. The molecule has 0 aliphatic rings. The van der Waals surface area contributed by atoms with Crippen LogP contribution in [0.15, 0.2) is 54.7 Å². The van der Waals surface area contributed by atoms with Gasteiger partial charge in [-0.1, -0.05) is 41.4 Å². The summed E-state index contributed by atoms with van der Waals surface area (Å²) >= 11 is 12.0. The number of likely N-dealkylation sites (N-methyl/N-ethyl adjacent to an activating group) is 1. The number of benzene rings is 2. The maximum Gasteiger partial charge on any atom is 0.212 e. The summed E-state index contributed by atoms with van der Waals surface area (Å²) in [7, 11) is 3.61. The first kappa shape index (κ1) is 27.0. The Bertz CT molecular complexity index is 1160. The molecule has 2 unspecified atom stereocenters. The van der Waals surface area contributed by atoms with Gasteiger partial charge in [-0.05, 0) is 69.4 Å². The lowest BCUT2D eigenvalue weighted by Crippen LogP contribution is -2.47. The lowest BCUT2D eigenvalue weighted by molar-refractivity contribution is -0.142. The van der Waals surface area contributed by atoms with Gasteiger partial charge in [0.2, 0.25) is 6.41 Å². The second-order valence-corrected chi connectivity index (χ2v) is 9.91. The minimum absolute atomic E-state index is 0.120. The molecule has 0 fully saturated rings.